The molecule has 0 saturated heterocycles. The van der Waals surface area contributed by atoms with Crippen molar-refractivity contribution in [3.8, 4) is 11.1 Å². The molecule has 4 aromatic rings. The minimum atomic E-state index is 0.258. The van der Waals surface area contributed by atoms with Crippen molar-refractivity contribution < 1.29 is 0 Å². The highest BCUT2D eigenvalue weighted by molar-refractivity contribution is 5.93. The number of nitrogens with zero attached hydrogens (tertiary/aromatic N) is 5. The predicted octanol–water partition coefficient (Wildman–Crippen LogP) is 4.37. The molecule has 4 heterocycles. The van der Waals surface area contributed by atoms with Gasteiger partial charge in [0.15, 0.2) is 5.65 Å². The van der Waals surface area contributed by atoms with E-state index in [-0.39, 0.29) is 5.95 Å². The van der Waals surface area contributed by atoms with E-state index in [1.54, 1.807) is 16.8 Å². The lowest BCUT2D eigenvalue weighted by molar-refractivity contribution is 0.271. The smallest absolute Gasteiger partial charge is 0.221 e. The standard InChI is InChI=1S/C12H9N7.C8H17N.C3H6/c13-12-15-5-9-8(4-14-11(9)18-12)7-1-2-19-10(3-7)16-6-17-19;1-8(9-2)6-4-3-5-7-8;1-3-2/h1-6H,(H3,13,14,15,18);9H,3-7H2,1-2H3;3H,1H2,2H3. The maximum absolute atomic E-state index is 5.57. The van der Waals surface area contributed by atoms with Gasteiger partial charge in [0.25, 0.3) is 0 Å². The number of nitrogens with one attached hydrogen (secondary N) is 2. The largest absolute Gasteiger partial charge is 0.368 e. The zero-order valence-electron chi connectivity index (χ0n) is 18.6. The van der Waals surface area contributed by atoms with Crippen LogP contribution in [0.25, 0.3) is 27.8 Å². The first kappa shape index (κ1) is 22.4. The van der Waals surface area contributed by atoms with Crippen molar-refractivity contribution in [2.24, 2.45) is 0 Å². The normalized spacial score (nSPS) is 14.9. The van der Waals surface area contributed by atoms with E-state index in [0.717, 1.165) is 27.8 Å². The molecule has 1 saturated carbocycles. The molecule has 0 aromatic carbocycles. The number of fused-ring (bicyclic) bond motifs is 2. The third kappa shape index (κ3) is 5.46. The number of allylic oxidation sites excluding steroid dienone is 1. The highest BCUT2D eigenvalue weighted by Gasteiger charge is 2.23. The van der Waals surface area contributed by atoms with Crippen LogP contribution < -0.4 is 11.1 Å². The van der Waals surface area contributed by atoms with Gasteiger partial charge < -0.3 is 16.0 Å². The first-order valence-electron chi connectivity index (χ1n) is 10.6. The van der Waals surface area contributed by atoms with Gasteiger partial charge in [0, 0.05) is 35.1 Å². The zero-order valence-corrected chi connectivity index (χ0v) is 18.6. The van der Waals surface area contributed by atoms with Crippen LogP contribution in [0.1, 0.15) is 46.0 Å². The Hall–Kier alpha value is -3.26. The lowest BCUT2D eigenvalue weighted by Gasteiger charge is -2.33. The molecule has 31 heavy (non-hydrogen) atoms. The molecule has 1 aliphatic carbocycles. The van der Waals surface area contributed by atoms with Crippen LogP contribution in [0, 0.1) is 0 Å². The Kier molecular flexibility index (Phi) is 7.36. The van der Waals surface area contributed by atoms with Gasteiger partial charge >= 0.3 is 0 Å². The van der Waals surface area contributed by atoms with E-state index in [0.29, 0.717) is 5.54 Å². The van der Waals surface area contributed by atoms with Gasteiger partial charge in [-0.15, -0.1) is 6.58 Å². The van der Waals surface area contributed by atoms with Crippen molar-refractivity contribution in [1.82, 2.24) is 34.9 Å². The SMILES string of the molecule is C=CC.CNC1(C)CCCCC1.Nc1ncc2c(-c3ccn4ncnc4c3)c[nH]c2n1. The second-order valence-electron chi connectivity index (χ2n) is 7.95. The molecular formula is C23H32N8. The Bertz CT molecular complexity index is 1120. The minimum absolute atomic E-state index is 0.258. The highest BCUT2D eigenvalue weighted by Crippen LogP contribution is 2.28. The fraction of sp³-hybridized carbons (Fsp3) is 0.391. The number of H-pyrrole nitrogens is 1. The van der Waals surface area contributed by atoms with Crippen LogP contribution in [0.2, 0.25) is 0 Å². The Balaban J connectivity index is 0.000000191. The molecule has 4 N–H and O–H groups in total. The van der Waals surface area contributed by atoms with Crippen LogP contribution in [0.5, 0.6) is 0 Å². The van der Waals surface area contributed by atoms with Crippen molar-refractivity contribution in [3.05, 3.63) is 49.7 Å². The molecule has 8 heteroatoms. The summed E-state index contributed by atoms with van der Waals surface area (Å²) in [6.45, 7) is 7.58. The molecule has 0 atom stereocenters. The lowest BCUT2D eigenvalue weighted by Crippen LogP contribution is -2.41. The van der Waals surface area contributed by atoms with Crippen molar-refractivity contribution in [1.29, 1.82) is 0 Å². The third-order valence-electron chi connectivity index (χ3n) is 5.60. The highest BCUT2D eigenvalue weighted by atomic mass is 15.3. The van der Waals surface area contributed by atoms with E-state index >= 15 is 0 Å². The van der Waals surface area contributed by atoms with Gasteiger partial charge in [-0.05, 0) is 51.4 Å². The van der Waals surface area contributed by atoms with Crippen LogP contribution in [-0.4, -0.2) is 42.1 Å². The molecule has 0 aliphatic heterocycles. The van der Waals surface area contributed by atoms with Gasteiger partial charge in [0.1, 0.15) is 12.0 Å². The van der Waals surface area contributed by atoms with E-state index in [4.69, 9.17) is 5.73 Å². The summed E-state index contributed by atoms with van der Waals surface area (Å²) in [5.74, 6) is 0.258. The zero-order chi connectivity index (χ0) is 22.3. The van der Waals surface area contributed by atoms with E-state index in [1.807, 2.05) is 31.5 Å². The summed E-state index contributed by atoms with van der Waals surface area (Å²) in [5.41, 5.74) is 9.60. The summed E-state index contributed by atoms with van der Waals surface area (Å²) in [5, 5.41) is 8.38. The average molecular weight is 421 g/mol. The van der Waals surface area contributed by atoms with Gasteiger partial charge in [-0.3, -0.25) is 0 Å². The fourth-order valence-corrected chi connectivity index (χ4v) is 3.72. The molecule has 5 rings (SSSR count). The maximum atomic E-state index is 5.57. The Morgan fingerprint density at radius 3 is 2.68 bits per heavy atom. The Morgan fingerprint density at radius 2 is 2.00 bits per heavy atom. The molecule has 0 bridgehead atoms. The molecular weight excluding hydrogens is 388 g/mol. The van der Waals surface area contributed by atoms with E-state index in [9.17, 15) is 0 Å². The second kappa shape index (κ2) is 10.2. The average Bonchev–Trinajstić information content (AvgIpc) is 3.41. The van der Waals surface area contributed by atoms with Gasteiger partial charge in [-0.25, -0.2) is 14.5 Å². The molecule has 8 nitrogen and oxygen atoms in total. The first-order chi connectivity index (χ1) is 15.0. The van der Waals surface area contributed by atoms with Crippen LogP contribution in [0.4, 0.5) is 5.95 Å². The predicted molar refractivity (Wildman–Crippen MR) is 127 cm³/mol. The van der Waals surface area contributed by atoms with Gasteiger partial charge in [0.2, 0.25) is 5.95 Å². The summed E-state index contributed by atoms with van der Waals surface area (Å²) in [6, 6.07) is 3.94. The van der Waals surface area contributed by atoms with Crippen molar-refractivity contribution >= 4 is 22.6 Å². The monoisotopic (exact) mass is 420 g/mol. The maximum Gasteiger partial charge on any atom is 0.221 e. The number of nitrogen functional groups attached to an aromatic ring is 1. The van der Waals surface area contributed by atoms with Crippen molar-refractivity contribution in [3.63, 3.8) is 0 Å². The molecule has 0 unspecified atom stereocenters. The molecule has 0 amide bonds. The number of rotatable bonds is 2. The van der Waals surface area contributed by atoms with E-state index < -0.39 is 0 Å². The molecule has 0 spiro atoms. The number of anilines is 1. The lowest BCUT2D eigenvalue weighted by atomic mass is 9.84. The quantitative estimate of drug-likeness (QED) is 0.415. The van der Waals surface area contributed by atoms with Gasteiger partial charge in [0.05, 0.1) is 0 Å². The minimum Gasteiger partial charge on any atom is -0.368 e. The van der Waals surface area contributed by atoms with Crippen LogP contribution in [0.3, 0.4) is 0 Å². The Labute approximate surface area is 183 Å². The summed E-state index contributed by atoms with van der Waals surface area (Å²) >= 11 is 0. The molecule has 0 radical (unpaired) electrons. The molecule has 164 valence electrons. The van der Waals surface area contributed by atoms with Crippen molar-refractivity contribution in [2.45, 2.75) is 51.5 Å². The first-order valence-corrected chi connectivity index (χ1v) is 10.6. The number of nitrogens with two attached hydrogens (primary N) is 1. The van der Waals surface area contributed by atoms with Crippen LogP contribution >= 0.6 is 0 Å². The fourth-order valence-electron chi connectivity index (χ4n) is 3.72. The van der Waals surface area contributed by atoms with E-state index in [1.165, 1.54) is 38.4 Å². The van der Waals surface area contributed by atoms with Crippen LogP contribution in [0.15, 0.2) is 49.7 Å². The van der Waals surface area contributed by atoms with E-state index in [2.05, 4.69) is 50.9 Å². The van der Waals surface area contributed by atoms with Crippen molar-refractivity contribution in [2.75, 3.05) is 12.8 Å². The molecule has 4 aromatic heterocycles. The summed E-state index contributed by atoms with van der Waals surface area (Å²) in [4.78, 5) is 15.5. The summed E-state index contributed by atoms with van der Waals surface area (Å²) in [6.07, 6.45) is 15.8. The Morgan fingerprint density at radius 1 is 1.26 bits per heavy atom. The second-order valence-corrected chi connectivity index (χ2v) is 7.95. The molecule has 1 aliphatic rings. The number of pyridine rings is 1. The summed E-state index contributed by atoms with van der Waals surface area (Å²) < 4.78 is 1.72. The number of aromatic nitrogens is 6. The van der Waals surface area contributed by atoms with Gasteiger partial charge in [-0.2, -0.15) is 10.1 Å². The molecule has 1 fully saturated rings. The van der Waals surface area contributed by atoms with Gasteiger partial charge in [-0.1, -0.05) is 25.3 Å². The number of hydrogen-bond acceptors (Lipinski definition) is 6. The van der Waals surface area contributed by atoms with Crippen LogP contribution in [-0.2, 0) is 0 Å². The topological polar surface area (TPSA) is 110 Å². The number of aromatic amines is 1. The third-order valence-corrected chi connectivity index (χ3v) is 5.60. The summed E-state index contributed by atoms with van der Waals surface area (Å²) in [7, 11) is 2.07. The number of hydrogen-bond donors (Lipinski definition) is 3.